The van der Waals surface area contributed by atoms with E-state index in [2.05, 4.69) is 20.2 Å². The van der Waals surface area contributed by atoms with Crippen LogP contribution in [0.15, 0.2) is 12.4 Å². The predicted molar refractivity (Wildman–Crippen MR) is 79.6 cm³/mol. The second kappa shape index (κ2) is 5.77. The van der Waals surface area contributed by atoms with E-state index in [0.717, 1.165) is 37.4 Å². The van der Waals surface area contributed by atoms with E-state index in [1.807, 2.05) is 33.8 Å². The fraction of sp³-hybridized carbons (Fsp3) is 0.667. The summed E-state index contributed by atoms with van der Waals surface area (Å²) in [4.78, 5) is 22.9. The second-order valence-corrected chi connectivity index (χ2v) is 6.54. The third kappa shape index (κ3) is 3.92. The summed E-state index contributed by atoms with van der Waals surface area (Å²) in [6.07, 6.45) is 3.55. The zero-order chi connectivity index (χ0) is 14.8. The van der Waals surface area contributed by atoms with Gasteiger partial charge in [-0.3, -0.25) is 4.79 Å². The van der Waals surface area contributed by atoms with Crippen molar-refractivity contribution in [3.8, 4) is 0 Å². The Hall–Kier alpha value is -1.65. The lowest BCUT2D eigenvalue weighted by atomic mass is 9.95. The number of hydrogen-bond donors (Lipinski definition) is 1. The van der Waals surface area contributed by atoms with Gasteiger partial charge in [0.25, 0.3) is 0 Å². The maximum atomic E-state index is 12.3. The molecule has 5 nitrogen and oxygen atoms in total. The summed E-state index contributed by atoms with van der Waals surface area (Å²) in [5, 5.41) is 3.07. The zero-order valence-electron chi connectivity index (χ0n) is 12.8. The van der Waals surface area contributed by atoms with Crippen LogP contribution in [0.2, 0.25) is 0 Å². The van der Waals surface area contributed by atoms with Crippen LogP contribution in [-0.4, -0.2) is 34.5 Å². The molecule has 1 saturated heterocycles. The molecule has 0 aromatic carbocycles. The summed E-state index contributed by atoms with van der Waals surface area (Å²) in [6.45, 7) is 9.69. The molecule has 2 rings (SSSR count). The smallest absolute Gasteiger partial charge is 0.225 e. The highest BCUT2D eigenvalue weighted by molar-refractivity contribution is 5.80. The van der Waals surface area contributed by atoms with Gasteiger partial charge in [-0.15, -0.1) is 0 Å². The molecule has 1 aromatic heterocycles. The average Bonchev–Trinajstić information content (AvgIpc) is 2.37. The van der Waals surface area contributed by atoms with Crippen molar-refractivity contribution >= 4 is 11.7 Å². The molecule has 20 heavy (non-hydrogen) atoms. The minimum atomic E-state index is -0.176. The Bertz CT molecular complexity index is 481. The van der Waals surface area contributed by atoms with Gasteiger partial charge in [-0.25, -0.2) is 9.97 Å². The lowest BCUT2D eigenvalue weighted by molar-refractivity contribution is -0.126. The number of hydrogen-bond acceptors (Lipinski definition) is 4. The first-order chi connectivity index (χ1) is 9.35. The van der Waals surface area contributed by atoms with Crippen LogP contribution in [0.3, 0.4) is 0 Å². The first kappa shape index (κ1) is 14.8. The summed E-state index contributed by atoms with van der Waals surface area (Å²) < 4.78 is 0. The van der Waals surface area contributed by atoms with E-state index in [1.54, 1.807) is 6.33 Å². The molecule has 0 spiro atoms. The van der Waals surface area contributed by atoms with Crippen LogP contribution >= 0.6 is 0 Å². The van der Waals surface area contributed by atoms with Crippen molar-refractivity contribution in [3.63, 3.8) is 0 Å². The van der Waals surface area contributed by atoms with Crippen molar-refractivity contribution in [1.82, 2.24) is 15.3 Å². The molecule has 110 valence electrons. The summed E-state index contributed by atoms with van der Waals surface area (Å²) >= 11 is 0. The highest BCUT2D eigenvalue weighted by atomic mass is 16.2. The number of aryl methyl sites for hydroxylation is 1. The highest BCUT2D eigenvalue weighted by Gasteiger charge is 2.28. The topological polar surface area (TPSA) is 58.1 Å². The van der Waals surface area contributed by atoms with Crippen LogP contribution in [0, 0.1) is 12.8 Å². The van der Waals surface area contributed by atoms with Crippen LogP contribution in [0.4, 0.5) is 5.82 Å². The SMILES string of the molecule is Cc1cc(N2CCCC(C(=O)NC(C)(C)C)C2)ncn1. The predicted octanol–water partition coefficient (Wildman–Crippen LogP) is 1.92. The molecule has 2 heterocycles. The molecule has 1 aliphatic heterocycles. The number of rotatable bonds is 2. The molecule has 5 heteroatoms. The third-order valence-corrected chi connectivity index (χ3v) is 3.40. The molecule has 0 bridgehead atoms. The first-order valence-corrected chi connectivity index (χ1v) is 7.21. The molecular weight excluding hydrogens is 252 g/mol. The Labute approximate surface area is 120 Å². The summed E-state index contributed by atoms with van der Waals surface area (Å²) in [7, 11) is 0. The molecule has 0 radical (unpaired) electrons. The minimum Gasteiger partial charge on any atom is -0.356 e. The van der Waals surface area contributed by atoms with Crippen LogP contribution in [0.5, 0.6) is 0 Å². The molecular formula is C15H24N4O. The van der Waals surface area contributed by atoms with Crippen LogP contribution in [0.1, 0.15) is 39.3 Å². The maximum Gasteiger partial charge on any atom is 0.225 e. The van der Waals surface area contributed by atoms with Gasteiger partial charge < -0.3 is 10.2 Å². The van der Waals surface area contributed by atoms with Gasteiger partial charge in [0.15, 0.2) is 0 Å². The van der Waals surface area contributed by atoms with Crippen LogP contribution < -0.4 is 10.2 Å². The Morgan fingerprint density at radius 1 is 1.40 bits per heavy atom. The number of piperidine rings is 1. The zero-order valence-corrected chi connectivity index (χ0v) is 12.8. The lowest BCUT2D eigenvalue weighted by Crippen LogP contribution is -2.48. The molecule has 0 saturated carbocycles. The molecule has 1 aromatic rings. The largest absolute Gasteiger partial charge is 0.356 e. The van der Waals surface area contributed by atoms with Gasteiger partial charge >= 0.3 is 0 Å². The molecule has 1 amide bonds. The van der Waals surface area contributed by atoms with Gasteiger partial charge in [0.05, 0.1) is 5.92 Å². The van der Waals surface area contributed by atoms with Gasteiger partial charge in [-0.1, -0.05) is 0 Å². The van der Waals surface area contributed by atoms with Gasteiger partial charge in [0, 0.05) is 30.4 Å². The normalized spacial score (nSPS) is 19.8. The van der Waals surface area contributed by atoms with E-state index < -0.39 is 0 Å². The van der Waals surface area contributed by atoms with E-state index in [1.165, 1.54) is 0 Å². The maximum absolute atomic E-state index is 12.3. The van der Waals surface area contributed by atoms with E-state index in [9.17, 15) is 4.79 Å². The van der Waals surface area contributed by atoms with Crippen molar-refractivity contribution in [2.45, 2.75) is 46.1 Å². The number of aromatic nitrogens is 2. The van der Waals surface area contributed by atoms with Crippen LogP contribution in [-0.2, 0) is 4.79 Å². The Morgan fingerprint density at radius 3 is 2.80 bits per heavy atom. The third-order valence-electron chi connectivity index (χ3n) is 3.40. The van der Waals surface area contributed by atoms with Crippen molar-refractivity contribution in [3.05, 3.63) is 18.1 Å². The Balaban J connectivity index is 2.03. The number of carbonyl (C=O) groups excluding carboxylic acids is 1. The molecule has 1 unspecified atom stereocenters. The van der Waals surface area contributed by atoms with E-state index in [0.29, 0.717) is 0 Å². The molecule has 1 atom stereocenters. The van der Waals surface area contributed by atoms with Crippen molar-refractivity contribution in [1.29, 1.82) is 0 Å². The number of carbonyl (C=O) groups is 1. The van der Waals surface area contributed by atoms with Gasteiger partial charge in [-0.05, 0) is 40.5 Å². The van der Waals surface area contributed by atoms with Gasteiger partial charge in [-0.2, -0.15) is 0 Å². The van der Waals surface area contributed by atoms with E-state index in [-0.39, 0.29) is 17.4 Å². The minimum absolute atomic E-state index is 0.0400. The summed E-state index contributed by atoms with van der Waals surface area (Å²) in [6, 6.07) is 1.98. The van der Waals surface area contributed by atoms with E-state index >= 15 is 0 Å². The Kier molecular flexibility index (Phi) is 4.26. The number of nitrogens with one attached hydrogen (secondary N) is 1. The number of amides is 1. The quantitative estimate of drug-likeness (QED) is 0.896. The molecule has 1 aliphatic rings. The number of nitrogens with zero attached hydrogens (tertiary/aromatic N) is 3. The van der Waals surface area contributed by atoms with Gasteiger partial charge in [0.1, 0.15) is 12.1 Å². The standard InChI is InChI=1S/C15H24N4O/c1-11-8-13(17-10-16-11)19-7-5-6-12(9-19)14(20)18-15(2,3)4/h8,10,12H,5-7,9H2,1-4H3,(H,18,20). The fourth-order valence-corrected chi connectivity index (χ4v) is 2.48. The summed E-state index contributed by atoms with van der Waals surface area (Å²) in [5.41, 5.74) is 0.779. The molecule has 0 aliphatic carbocycles. The second-order valence-electron chi connectivity index (χ2n) is 6.54. The summed E-state index contributed by atoms with van der Waals surface area (Å²) in [5.74, 6) is 1.11. The van der Waals surface area contributed by atoms with E-state index in [4.69, 9.17) is 0 Å². The molecule has 1 N–H and O–H groups in total. The van der Waals surface area contributed by atoms with Gasteiger partial charge in [0.2, 0.25) is 5.91 Å². The fourth-order valence-electron chi connectivity index (χ4n) is 2.48. The van der Waals surface area contributed by atoms with Crippen molar-refractivity contribution in [2.24, 2.45) is 5.92 Å². The monoisotopic (exact) mass is 276 g/mol. The average molecular weight is 276 g/mol. The van der Waals surface area contributed by atoms with Crippen molar-refractivity contribution in [2.75, 3.05) is 18.0 Å². The van der Waals surface area contributed by atoms with Crippen LogP contribution in [0.25, 0.3) is 0 Å². The first-order valence-electron chi connectivity index (χ1n) is 7.21. The Morgan fingerprint density at radius 2 is 2.15 bits per heavy atom. The lowest BCUT2D eigenvalue weighted by Gasteiger charge is -2.34. The highest BCUT2D eigenvalue weighted by Crippen LogP contribution is 2.22. The number of anilines is 1. The van der Waals surface area contributed by atoms with Crippen molar-refractivity contribution < 1.29 is 4.79 Å². The molecule has 1 fully saturated rings.